The minimum absolute atomic E-state index is 0.00557. The van der Waals surface area contributed by atoms with E-state index in [0.29, 0.717) is 49.8 Å². The van der Waals surface area contributed by atoms with Gasteiger partial charge in [-0.2, -0.15) is 13.2 Å². The normalized spacial score (nSPS) is 18.5. The van der Waals surface area contributed by atoms with Crippen molar-refractivity contribution >= 4 is 23.4 Å². The molecular weight excluding hydrogens is 507 g/mol. The third kappa shape index (κ3) is 6.96. The zero-order valence-electron chi connectivity index (χ0n) is 20.8. The summed E-state index contributed by atoms with van der Waals surface area (Å²) in [5.41, 5.74) is -1.35. The van der Waals surface area contributed by atoms with Gasteiger partial charge in [-0.25, -0.2) is 0 Å². The van der Waals surface area contributed by atoms with Gasteiger partial charge in [-0.1, -0.05) is 23.7 Å². The molecule has 6 nitrogen and oxygen atoms in total. The lowest BCUT2D eigenvalue weighted by molar-refractivity contribution is -0.138. The molecule has 4 rings (SSSR count). The van der Waals surface area contributed by atoms with Crippen molar-refractivity contribution in [1.82, 2.24) is 14.7 Å². The van der Waals surface area contributed by atoms with Crippen LogP contribution in [0.3, 0.4) is 0 Å². The van der Waals surface area contributed by atoms with Crippen molar-refractivity contribution in [3.63, 3.8) is 0 Å². The van der Waals surface area contributed by atoms with Crippen molar-refractivity contribution in [2.75, 3.05) is 52.9 Å². The highest BCUT2D eigenvalue weighted by Crippen LogP contribution is 2.38. The van der Waals surface area contributed by atoms with Gasteiger partial charge >= 0.3 is 6.18 Å². The summed E-state index contributed by atoms with van der Waals surface area (Å²) in [5.74, 6) is 0.211. The van der Waals surface area contributed by atoms with Gasteiger partial charge in [0.15, 0.2) is 0 Å². The Morgan fingerprint density at radius 3 is 2.27 bits per heavy atom. The van der Waals surface area contributed by atoms with Crippen LogP contribution < -0.4 is 4.74 Å². The van der Waals surface area contributed by atoms with Gasteiger partial charge in [0.05, 0.1) is 12.2 Å². The number of halogens is 4. The second-order valence-electron chi connectivity index (χ2n) is 9.98. The van der Waals surface area contributed by atoms with Gasteiger partial charge in [0.25, 0.3) is 5.91 Å². The molecule has 2 heterocycles. The zero-order valence-corrected chi connectivity index (χ0v) is 21.5. The number of benzene rings is 2. The molecule has 2 fully saturated rings. The lowest BCUT2D eigenvalue weighted by atomic mass is 9.75. The van der Waals surface area contributed by atoms with E-state index in [1.54, 1.807) is 29.2 Å². The summed E-state index contributed by atoms with van der Waals surface area (Å²) in [6, 6.07) is 11.5. The molecule has 0 aromatic heterocycles. The van der Waals surface area contributed by atoms with Crippen LogP contribution >= 0.6 is 11.6 Å². The Labute approximate surface area is 219 Å². The quantitative estimate of drug-likeness (QED) is 0.530. The number of carbonyl (C=O) groups excluding carboxylic acids is 2. The number of hydrogen-bond acceptors (Lipinski definition) is 4. The molecule has 2 aromatic rings. The molecule has 0 saturated carbocycles. The van der Waals surface area contributed by atoms with Gasteiger partial charge in [0, 0.05) is 61.7 Å². The van der Waals surface area contributed by atoms with E-state index in [1.165, 1.54) is 12.1 Å². The molecule has 2 saturated heterocycles. The lowest BCUT2D eigenvalue weighted by Gasteiger charge is -2.42. The highest BCUT2D eigenvalue weighted by molar-refractivity contribution is 6.30. The number of likely N-dealkylation sites (N-methyl/N-ethyl adjacent to an activating group) is 1. The molecule has 200 valence electrons. The number of rotatable bonds is 6. The Morgan fingerprint density at radius 1 is 0.946 bits per heavy atom. The van der Waals surface area contributed by atoms with E-state index in [1.807, 2.05) is 11.9 Å². The molecule has 0 N–H and O–H groups in total. The summed E-state index contributed by atoms with van der Waals surface area (Å²) in [4.78, 5) is 31.9. The van der Waals surface area contributed by atoms with Gasteiger partial charge in [0.1, 0.15) is 5.75 Å². The number of likely N-dealkylation sites (tertiary alicyclic amines) is 1. The number of carbonyl (C=O) groups is 2. The fourth-order valence-electron chi connectivity index (χ4n) is 4.85. The number of hydrogen-bond donors (Lipinski definition) is 0. The Balaban J connectivity index is 1.46. The molecular formula is C27H31ClF3N3O3. The molecule has 37 heavy (non-hydrogen) atoms. The maximum atomic E-state index is 13.3. The first kappa shape index (κ1) is 27.3. The standard InChI is InChI=1S/C27H31ClF3N3O3/c1-32-12-14-33(15-13-32)24(35)18-26(19-37-23-7-3-6-22(28)17-23)8-10-34(11-9-26)25(36)20-4-2-5-21(16-20)27(29,30)31/h2-7,16-17H,8-15,18-19H2,1H3. The fourth-order valence-corrected chi connectivity index (χ4v) is 5.03. The van der Waals surface area contributed by atoms with Crippen LogP contribution in [0.25, 0.3) is 0 Å². The Bertz CT molecular complexity index is 1110. The summed E-state index contributed by atoms with van der Waals surface area (Å²) in [7, 11) is 2.03. The van der Waals surface area contributed by atoms with E-state index in [0.717, 1.165) is 25.2 Å². The average molecular weight is 538 g/mol. The molecule has 2 amide bonds. The third-order valence-electron chi connectivity index (χ3n) is 7.27. The van der Waals surface area contributed by atoms with Crippen LogP contribution in [0, 0.1) is 5.41 Å². The van der Waals surface area contributed by atoms with Crippen LogP contribution in [0.15, 0.2) is 48.5 Å². The van der Waals surface area contributed by atoms with Gasteiger partial charge in [-0.3, -0.25) is 9.59 Å². The van der Waals surface area contributed by atoms with E-state index in [2.05, 4.69) is 4.90 Å². The molecule has 2 aliphatic heterocycles. The molecule has 0 spiro atoms. The van der Waals surface area contributed by atoms with E-state index < -0.39 is 23.1 Å². The number of piperidine rings is 1. The van der Waals surface area contributed by atoms with Crippen LogP contribution in [0.4, 0.5) is 13.2 Å². The Morgan fingerprint density at radius 2 is 1.62 bits per heavy atom. The summed E-state index contributed by atoms with van der Waals surface area (Å²) in [6.07, 6.45) is -3.24. The average Bonchev–Trinajstić information content (AvgIpc) is 2.88. The zero-order chi connectivity index (χ0) is 26.6. The van der Waals surface area contributed by atoms with Crippen molar-refractivity contribution in [2.45, 2.75) is 25.4 Å². The molecule has 2 aliphatic rings. The first-order valence-electron chi connectivity index (χ1n) is 12.4. The van der Waals surface area contributed by atoms with Crippen molar-refractivity contribution in [1.29, 1.82) is 0 Å². The monoisotopic (exact) mass is 537 g/mol. The van der Waals surface area contributed by atoms with Gasteiger partial charge in [-0.15, -0.1) is 0 Å². The fraction of sp³-hybridized carbons (Fsp3) is 0.481. The Kier molecular flexibility index (Phi) is 8.33. The minimum atomic E-state index is -4.52. The predicted molar refractivity (Wildman–Crippen MR) is 135 cm³/mol. The van der Waals surface area contributed by atoms with Crippen LogP contribution in [-0.4, -0.2) is 79.4 Å². The number of nitrogens with zero attached hydrogens (tertiary/aromatic N) is 3. The maximum absolute atomic E-state index is 13.3. The van der Waals surface area contributed by atoms with Gasteiger partial charge in [-0.05, 0) is 56.3 Å². The molecule has 0 atom stereocenters. The van der Waals surface area contributed by atoms with E-state index in [4.69, 9.17) is 16.3 Å². The molecule has 0 aliphatic carbocycles. The van der Waals surface area contributed by atoms with Crippen molar-refractivity contribution in [3.05, 3.63) is 64.7 Å². The highest BCUT2D eigenvalue weighted by Gasteiger charge is 2.40. The summed E-state index contributed by atoms with van der Waals surface area (Å²) < 4.78 is 45.5. The molecule has 10 heteroatoms. The summed E-state index contributed by atoms with van der Waals surface area (Å²) >= 11 is 6.09. The van der Waals surface area contributed by atoms with Crippen molar-refractivity contribution in [2.24, 2.45) is 5.41 Å². The second kappa shape index (κ2) is 11.3. The first-order chi connectivity index (χ1) is 17.5. The maximum Gasteiger partial charge on any atom is 0.416 e. The lowest BCUT2D eigenvalue weighted by Crippen LogP contribution is -2.51. The molecule has 0 radical (unpaired) electrons. The van der Waals surface area contributed by atoms with Crippen LogP contribution in [0.1, 0.15) is 35.2 Å². The van der Waals surface area contributed by atoms with Crippen LogP contribution in [0.2, 0.25) is 5.02 Å². The number of alkyl halides is 3. The van der Waals surface area contributed by atoms with E-state index in [9.17, 15) is 22.8 Å². The molecule has 0 unspecified atom stereocenters. The minimum Gasteiger partial charge on any atom is -0.493 e. The van der Waals surface area contributed by atoms with Crippen molar-refractivity contribution in [3.8, 4) is 5.75 Å². The molecule has 0 bridgehead atoms. The Hall–Kier alpha value is -2.78. The number of amides is 2. The third-order valence-corrected chi connectivity index (χ3v) is 7.51. The van der Waals surface area contributed by atoms with E-state index >= 15 is 0 Å². The highest BCUT2D eigenvalue weighted by atomic mass is 35.5. The number of piperazine rings is 1. The first-order valence-corrected chi connectivity index (χ1v) is 12.7. The smallest absolute Gasteiger partial charge is 0.416 e. The second-order valence-corrected chi connectivity index (χ2v) is 10.4. The summed E-state index contributed by atoms with van der Waals surface area (Å²) in [6.45, 7) is 3.89. The van der Waals surface area contributed by atoms with Crippen LogP contribution in [0.5, 0.6) is 5.75 Å². The van der Waals surface area contributed by atoms with Gasteiger partial charge in [0.2, 0.25) is 5.91 Å². The van der Waals surface area contributed by atoms with E-state index in [-0.39, 0.29) is 24.5 Å². The van der Waals surface area contributed by atoms with Crippen molar-refractivity contribution < 1.29 is 27.5 Å². The predicted octanol–water partition coefficient (Wildman–Crippen LogP) is 4.82. The topological polar surface area (TPSA) is 53.1 Å². The van der Waals surface area contributed by atoms with Gasteiger partial charge < -0.3 is 19.4 Å². The largest absolute Gasteiger partial charge is 0.493 e. The number of ether oxygens (including phenoxy) is 1. The summed E-state index contributed by atoms with van der Waals surface area (Å²) in [5, 5.41) is 0.543. The molecule has 2 aromatic carbocycles. The SMILES string of the molecule is CN1CCN(C(=O)CC2(COc3cccc(Cl)c3)CCN(C(=O)c3cccc(C(F)(F)F)c3)CC2)CC1. The van der Waals surface area contributed by atoms with Crippen LogP contribution in [-0.2, 0) is 11.0 Å².